The summed E-state index contributed by atoms with van der Waals surface area (Å²) in [6, 6.07) is 10.2. The lowest BCUT2D eigenvalue weighted by molar-refractivity contribution is 0.392. The number of aromatic nitrogens is 1. The summed E-state index contributed by atoms with van der Waals surface area (Å²) in [5, 5.41) is 3.48. The maximum absolute atomic E-state index is 5.27. The van der Waals surface area contributed by atoms with Crippen LogP contribution in [0, 0.1) is 0 Å². The molecule has 0 amide bonds. The highest BCUT2D eigenvalue weighted by molar-refractivity contribution is 5.38. The van der Waals surface area contributed by atoms with Crippen molar-refractivity contribution in [3.63, 3.8) is 0 Å². The van der Waals surface area contributed by atoms with Gasteiger partial charge >= 0.3 is 0 Å². The predicted octanol–water partition coefficient (Wildman–Crippen LogP) is 2.95. The number of ether oxygens (including phenoxy) is 2. The highest BCUT2D eigenvalue weighted by Crippen LogP contribution is 2.23. The molecule has 0 saturated carbocycles. The molecule has 20 heavy (non-hydrogen) atoms. The van der Waals surface area contributed by atoms with Gasteiger partial charge in [0.2, 0.25) is 0 Å². The van der Waals surface area contributed by atoms with Gasteiger partial charge in [-0.25, -0.2) is 0 Å². The van der Waals surface area contributed by atoms with E-state index in [1.54, 1.807) is 14.2 Å². The standard InChI is InChI=1S/C16H20N2O2/c1-12(14-4-6-17-7-5-14)18-11-13-8-15(19-2)10-16(9-13)20-3/h4-10,12,18H,11H2,1-3H3. The van der Waals surface area contributed by atoms with Gasteiger partial charge in [0.25, 0.3) is 0 Å². The molecule has 0 bridgehead atoms. The molecule has 0 saturated heterocycles. The highest BCUT2D eigenvalue weighted by atomic mass is 16.5. The maximum atomic E-state index is 5.27. The smallest absolute Gasteiger partial charge is 0.122 e. The van der Waals surface area contributed by atoms with Gasteiger partial charge < -0.3 is 14.8 Å². The minimum absolute atomic E-state index is 0.259. The van der Waals surface area contributed by atoms with Gasteiger partial charge in [-0.3, -0.25) is 4.98 Å². The zero-order chi connectivity index (χ0) is 14.4. The molecule has 0 aliphatic heterocycles. The van der Waals surface area contributed by atoms with Gasteiger partial charge in [0.05, 0.1) is 14.2 Å². The first-order chi connectivity index (χ1) is 9.72. The fourth-order valence-corrected chi connectivity index (χ4v) is 2.01. The van der Waals surface area contributed by atoms with Crippen LogP contribution in [-0.2, 0) is 6.54 Å². The monoisotopic (exact) mass is 272 g/mol. The van der Waals surface area contributed by atoms with E-state index < -0.39 is 0 Å². The summed E-state index contributed by atoms with van der Waals surface area (Å²) in [5.41, 5.74) is 2.34. The second-order valence-electron chi connectivity index (χ2n) is 4.60. The molecule has 0 aliphatic rings. The number of methoxy groups -OCH3 is 2. The molecule has 4 nitrogen and oxygen atoms in total. The summed E-state index contributed by atoms with van der Waals surface area (Å²) in [6.45, 7) is 2.88. The van der Waals surface area contributed by atoms with E-state index in [-0.39, 0.29) is 6.04 Å². The summed E-state index contributed by atoms with van der Waals surface area (Å²) in [7, 11) is 3.32. The van der Waals surface area contributed by atoms with Gasteiger partial charge in [-0.05, 0) is 42.3 Å². The van der Waals surface area contributed by atoms with Crippen LogP contribution >= 0.6 is 0 Å². The van der Waals surface area contributed by atoms with E-state index in [2.05, 4.69) is 17.2 Å². The number of hydrogen-bond acceptors (Lipinski definition) is 4. The molecule has 1 aromatic carbocycles. The van der Waals surface area contributed by atoms with Gasteiger partial charge in [-0.15, -0.1) is 0 Å². The van der Waals surface area contributed by atoms with Crippen molar-refractivity contribution in [2.24, 2.45) is 0 Å². The van der Waals surface area contributed by atoms with E-state index in [4.69, 9.17) is 9.47 Å². The first-order valence-electron chi connectivity index (χ1n) is 6.58. The summed E-state index contributed by atoms with van der Waals surface area (Å²) in [5.74, 6) is 1.61. The van der Waals surface area contributed by atoms with Crippen molar-refractivity contribution in [3.05, 3.63) is 53.9 Å². The zero-order valence-corrected chi connectivity index (χ0v) is 12.1. The fourth-order valence-electron chi connectivity index (χ4n) is 2.01. The van der Waals surface area contributed by atoms with Crippen LogP contribution in [0.15, 0.2) is 42.7 Å². The zero-order valence-electron chi connectivity index (χ0n) is 12.1. The molecule has 0 spiro atoms. The normalized spacial score (nSPS) is 11.9. The lowest BCUT2D eigenvalue weighted by Crippen LogP contribution is -2.18. The summed E-state index contributed by atoms with van der Waals surface area (Å²) < 4.78 is 10.5. The molecule has 106 valence electrons. The molecule has 0 radical (unpaired) electrons. The van der Waals surface area contributed by atoms with Crippen LogP contribution in [0.3, 0.4) is 0 Å². The summed E-state index contributed by atoms with van der Waals surface area (Å²) in [4.78, 5) is 4.03. The van der Waals surface area contributed by atoms with Crippen molar-refractivity contribution in [2.45, 2.75) is 19.5 Å². The number of nitrogens with one attached hydrogen (secondary N) is 1. The van der Waals surface area contributed by atoms with Crippen LogP contribution < -0.4 is 14.8 Å². The quantitative estimate of drug-likeness (QED) is 0.878. The molecule has 0 aliphatic carbocycles. The molecule has 2 aromatic rings. The Morgan fingerprint density at radius 1 is 1.05 bits per heavy atom. The van der Waals surface area contributed by atoms with Crippen molar-refractivity contribution in [1.82, 2.24) is 10.3 Å². The Bertz CT molecular complexity index is 521. The van der Waals surface area contributed by atoms with Crippen LogP contribution in [0.1, 0.15) is 24.1 Å². The first kappa shape index (κ1) is 14.3. The van der Waals surface area contributed by atoms with Gasteiger partial charge in [0, 0.05) is 31.0 Å². The minimum Gasteiger partial charge on any atom is -0.497 e. The Kier molecular flexibility index (Phi) is 4.96. The van der Waals surface area contributed by atoms with Crippen LogP contribution in [0.25, 0.3) is 0 Å². The van der Waals surface area contributed by atoms with Gasteiger partial charge in [0.1, 0.15) is 11.5 Å². The molecule has 0 fully saturated rings. The second kappa shape index (κ2) is 6.91. The van der Waals surface area contributed by atoms with Crippen molar-refractivity contribution >= 4 is 0 Å². The molecule has 4 heteroatoms. The number of benzene rings is 1. The lowest BCUT2D eigenvalue weighted by Gasteiger charge is -2.15. The number of nitrogens with zero attached hydrogens (tertiary/aromatic N) is 1. The van der Waals surface area contributed by atoms with E-state index in [0.29, 0.717) is 0 Å². The van der Waals surface area contributed by atoms with Crippen molar-refractivity contribution in [3.8, 4) is 11.5 Å². The first-order valence-corrected chi connectivity index (χ1v) is 6.58. The van der Waals surface area contributed by atoms with Crippen LogP contribution in [0.5, 0.6) is 11.5 Å². The average molecular weight is 272 g/mol. The second-order valence-corrected chi connectivity index (χ2v) is 4.60. The Hall–Kier alpha value is -2.07. The molecule has 1 N–H and O–H groups in total. The van der Waals surface area contributed by atoms with Crippen LogP contribution in [-0.4, -0.2) is 19.2 Å². The Morgan fingerprint density at radius 3 is 2.20 bits per heavy atom. The van der Waals surface area contributed by atoms with Crippen LogP contribution in [0.4, 0.5) is 0 Å². The largest absolute Gasteiger partial charge is 0.497 e. The van der Waals surface area contributed by atoms with E-state index >= 15 is 0 Å². The van der Waals surface area contributed by atoms with Gasteiger partial charge in [-0.1, -0.05) is 0 Å². The van der Waals surface area contributed by atoms with Crippen molar-refractivity contribution in [2.75, 3.05) is 14.2 Å². The van der Waals surface area contributed by atoms with E-state index in [1.807, 2.05) is 42.7 Å². The topological polar surface area (TPSA) is 43.4 Å². The molecule has 2 rings (SSSR count). The third kappa shape index (κ3) is 3.71. The van der Waals surface area contributed by atoms with E-state index in [0.717, 1.165) is 23.6 Å². The number of pyridine rings is 1. The van der Waals surface area contributed by atoms with E-state index in [1.165, 1.54) is 5.56 Å². The third-order valence-corrected chi connectivity index (χ3v) is 3.23. The molecule has 1 unspecified atom stereocenters. The summed E-state index contributed by atoms with van der Waals surface area (Å²) in [6.07, 6.45) is 3.62. The fraction of sp³-hybridized carbons (Fsp3) is 0.312. The van der Waals surface area contributed by atoms with Gasteiger partial charge in [0.15, 0.2) is 0 Å². The van der Waals surface area contributed by atoms with E-state index in [9.17, 15) is 0 Å². The molecular formula is C16H20N2O2. The summed E-state index contributed by atoms with van der Waals surface area (Å²) >= 11 is 0. The molecule has 1 atom stereocenters. The van der Waals surface area contributed by atoms with Crippen LogP contribution in [0.2, 0.25) is 0 Å². The Labute approximate surface area is 119 Å². The molecule has 1 heterocycles. The Morgan fingerprint density at radius 2 is 1.65 bits per heavy atom. The third-order valence-electron chi connectivity index (χ3n) is 3.23. The highest BCUT2D eigenvalue weighted by Gasteiger charge is 2.06. The maximum Gasteiger partial charge on any atom is 0.122 e. The van der Waals surface area contributed by atoms with Crippen molar-refractivity contribution < 1.29 is 9.47 Å². The van der Waals surface area contributed by atoms with Gasteiger partial charge in [-0.2, -0.15) is 0 Å². The number of rotatable bonds is 6. The lowest BCUT2D eigenvalue weighted by atomic mass is 10.1. The number of hydrogen-bond donors (Lipinski definition) is 1. The molecular weight excluding hydrogens is 252 g/mol. The minimum atomic E-state index is 0.259. The predicted molar refractivity (Wildman–Crippen MR) is 79.0 cm³/mol. The van der Waals surface area contributed by atoms with Crippen molar-refractivity contribution in [1.29, 1.82) is 0 Å². The average Bonchev–Trinajstić information content (AvgIpc) is 2.53. The Balaban J connectivity index is 2.03. The SMILES string of the molecule is COc1cc(CNC(C)c2ccncc2)cc(OC)c1. The molecule has 1 aromatic heterocycles.